The number of nitrogens with one attached hydrogen (secondary N) is 2. The number of para-hydroxylation sites is 1. The predicted molar refractivity (Wildman–Crippen MR) is 134 cm³/mol. The van der Waals surface area contributed by atoms with Crippen LogP contribution in [0.5, 0.6) is 0 Å². The van der Waals surface area contributed by atoms with Crippen LogP contribution in [0.2, 0.25) is 10.0 Å². The first-order valence-electron chi connectivity index (χ1n) is 10.1. The molecule has 0 aliphatic carbocycles. The van der Waals surface area contributed by atoms with Gasteiger partial charge in [-0.3, -0.25) is 10.3 Å². The van der Waals surface area contributed by atoms with E-state index < -0.39 is 0 Å². The minimum absolute atomic E-state index is 0.174. The quantitative estimate of drug-likeness (QED) is 0.210. The van der Waals surface area contributed by atoms with Crippen LogP contribution in [0.1, 0.15) is 16.7 Å². The zero-order valence-corrected chi connectivity index (χ0v) is 19.1. The molecule has 0 radical (unpaired) electrons. The third-order valence-electron chi connectivity index (χ3n) is 4.62. The first-order valence-corrected chi connectivity index (χ1v) is 10.9. The van der Waals surface area contributed by atoms with Gasteiger partial charge in [0.25, 0.3) is 0 Å². The number of hydrogen-bond donors (Lipinski definition) is 2. The van der Waals surface area contributed by atoms with Crippen LogP contribution in [-0.4, -0.2) is 18.3 Å². The standard InChI is InChI=1S/C25H20Cl2N6/c26-22-7-4-8-23(27)21(22)15-24(32-20-5-2-1-3-6-20)33-25(31-17-29)30-14-13-18-9-11-19(16-28)12-10-18/h1-12H,13-15H2,(H2,30,31,32,33). The number of anilines is 1. The Morgan fingerprint density at radius 3 is 2.21 bits per heavy atom. The fourth-order valence-electron chi connectivity index (χ4n) is 2.99. The molecule has 8 heteroatoms. The summed E-state index contributed by atoms with van der Waals surface area (Å²) < 4.78 is 0. The van der Waals surface area contributed by atoms with Gasteiger partial charge in [-0.1, -0.05) is 59.6 Å². The minimum Gasteiger partial charge on any atom is -0.343 e. The summed E-state index contributed by atoms with van der Waals surface area (Å²) >= 11 is 12.7. The van der Waals surface area contributed by atoms with Crippen LogP contribution in [-0.2, 0) is 12.8 Å². The Kier molecular flexibility index (Phi) is 8.85. The second-order valence-corrected chi connectivity index (χ2v) is 7.74. The van der Waals surface area contributed by atoms with Crippen molar-refractivity contribution in [2.75, 3.05) is 11.9 Å². The monoisotopic (exact) mass is 474 g/mol. The zero-order chi connectivity index (χ0) is 23.5. The number of hydrogen-bond acceptors (Lipinski definition) is 3. The lowest BCUT2D eigenvalue weighted by molar-refractivity contribution is 0.953. The van der Waals surface area contributed by atoms with Gasteiger partial charge in [-0.15, -0.1) is 0 Å². The molecule has 0 spiro atoms. The number of amidine groups is 1. The van der Waals surface area contributed by atoms with E-state index in [0.29, 0.717) is 40.8 Å². The molecule has 33 heavy (non-hydrogen) atoms. The summed E-state index contributed by atoms with van der Waals surface area (Å²) in [7, 11) is 0. The summed E-state index contributed by atoms with van der Waals surface area (Å²) in [6.07, 6.45) is 2.83. The van der Waals surface area contributed by atoms with Crippen molar-refractivity contribution in [2.24, 2.45) is 9.98 Å². The number of nitrogens with zero attached hydrogens (tertiary/aromatic N) is 4. The molecule has 0 amide bonds. The zero-order valence-electron chi connectivity index (χ0n) is 17.6. The minimum atomic E-state index is 0.174. The fourth-order valence-corrected chi connectivity index (χ4v) is 3.52. The summed E-state index contributed by atoms with van der Waals surface area (Å²) in [6.45, 7) is 0.408. The van der Waals surface area contributed by atoms with Crippen molar-refractivity contribution in [1.29, 1.82) is 10.5 Å². The summed E-state index contributed by atoms with van der Waals surface area (Å²) in [6, 6.07) is 24.3. The number of rotatable bonds is 6. The number of nitriles is 2. The summed E-state index contributed by atoms with van der Waals surface area (Å²) in [4.78, 5) is 9.00. The average molecular weight is 475 g/mol. The van der Waals surface area contributed by atoms with E-state index in [-0.39, 0.29) is 5.96 Å². The van der Waals surface area contributed by atoms with E-state index in [0.717, 1.165) is 16.8 Å². The number of guanidine groups is 1. The molecule has 6 nitrogen and oxygen atoms in total. The number of aliphatic imine (C=N–C) groups is 2. The summed E-state index contributed by atoms with van der Waals surface area (Å²) in [5.74, 6) is 0.698. The molecule has 0 atom stereocenters. The highest BCUT2D eigenvalue weighted by atomic mass is 35.5. The van der Waals surface area contributed by atoms with Crippen LogP contribution in [0, 0.1) is 22.8 Å². The van der Waals surface area contributed by atoms with Crippen molar-refractivity contribution >= 4 is 40.7 Å². The van der Waals surface area contributed by atoms with Crippen molar-refractivity contribution in [3.8, 4) is 12.3 Å². The van der Waals surface area contributed by atoms with E-state index in [4.69, 9.17) is 28.5 Å². The van der Waals surface area contributed by atoms with E-state index in [1.54, 1.807) is 30.3 Å². The fraction of sp³-hybridized carbons (Fsp3) is 0.120. The van der Waals surface area contributed by atoms with Crippen LogP contribution >= 0.6 is 23.2 Å². The van der Waals surface area contributed by atoms with Crippen LogP contribution in [0.3, 0.4) is 0 Å². The van der Waals surface area contributed by atoms with E-state index in [9.17, 15) is 5.26 Å². The maximum Gasteiger partial charge on any atom is 0.233 e. The molecule has 3 aromatic rings. The Hall–Kier alpha value is -3.84. The van der Waals surface area contributed by atoms with Crippen molar-refractivity contribution < 1.29 is 0 Å². The Bertz CT molecular complexity index is 1200. The molecule has 0 aliphatic heterocycles. The van der Waals surface area contributed by atoms with Crippen molar-refractivity contribution in [1.82, 2.24) is 5.32 Å². The average Bonchev–Trinajstić information content (AvgIpc) is 2.82. The van der Waals surface area contributed by atoms with Crippen LogP contribution in [0.25, 0.3) is 0 Å². The van der Waals surface area contributed by atoms with Crippen LogP contribution in [0.4, 0.5) is 5.69 Å². The van der Waals surface area contributed by atoms with Gasteiger partial charge in [0.1, 0.15) is 5.84 Å². The van der Waals surface area contributed by atoms with Gasteiger partial charge in [0.2, 0.25) is 5.96 Å². The SMILES string of the molecule is N#CNC(=NCCc1ccc(C#N)cc1)/N=C(/Cc1c(Cl)cccc1Cl)Nc1ccccc1. The summed E-state index contributed by atoms with van der Waals surface area (Å²) in [5, 5.41) is 25.0. The molecule has 0 aliphatic rings. The van der Waals surface area contributed by atoms with Crippen LogP contribution < -0.4 is 10.6 Å². The first-order chi connectivity index (χ1) is 16.1. The largest absolute Gasteiger partial charge is 0.343 e. The van der Waals surface area contributed by atoms with E-state index in [1.165, 1.54) is 0 Å². The molecule has 0 heterocycles. The van der Waals surface area contributed by atoms with Crippen molar-refractivity contribution in [3.05, 3.63) is 99.5 Å². The lowest BCUT2D eigenvalue weighted by Crippen LogP contribution is -2.23. The Morgan fingerprint density at radius 1 is 0.879 bits per heavy atom. The third-order valence-corrected chi connectivity index (χ3v) is 5.33. The lowest BCUT2D eigenvalue weighted by atomic mass is 10.1. The second-order valence-electron chi connectivity index (χ2n) is 6.93. The molecule has 164 valence electrons. The van der Waals surface area contributed by atoms with Gasteiger partial charge in [-0.2, -0.15) is 15.5 Å². The molecule has 0 saturated carbocycles. The molecule has 0 aromatic heterocycles. The maximum absolute atomic E-state index is 9.19. The normalized spacial score (nSPS) is 11.4. The van der Waals surface area contributed by atoms with E-state index in [1.807, 2.05) is 48.7 Å². The molecular weight excluding hydrogens is 455 g/mol. The lowest BCUT2D eigenvalue weighted by Gasteiger charge is -2.13. The topological polar surface area (TPSA) is 96.4 Å². The van der Waals surface area contributed by atoms with Gasteiger partial charge in [-0.25, -0.2) is 0 Å². The predicted octanol–water partition coefficient (Wildman–Crippen LogP) is 5.59. The first kappa shape index (κ1) is 23.8. The Labute approximate surface area is 202 Å². The molecular formula is C25H20Cl2N6. The third kappa shape index (κ3) is 7.36. The highest BCUT2D eigenvalue weighted by molar-refractivity contribution is 6.36. The molecule has 3 rings (SSSR count). The highest BCUT2D eigenvalue weighted by Gasteiger charge is 2.11. The number of halogens is 2. The number of benzene rings is 3. The van der Waals surface area contributed by atoms with E-state index >= 15 is 0 Å². The molecule has 0 bridgehead atoms. The smallest absolute Gasteiger partial charge is 0.233 e. The maximum atomic E-state index is 9.19. The molecule has 2 N–H and O–H groups in total. The van der Waals surface area contributed by atoms with Gasteiger partial charge in [-0.05, 0) is 53.9 Å². The summed E-state index contributed by atoms with van der Waals surface area (Å²) in [5.41, 5.74) is 3.18. The molecule has 0 fully saturated rings. The highest BCUT2D eigenvalue weighted by Crippen LogP contribution is 2.25. The van der Waals surface area contributed by atoms with Gasteiger partial charge in [0.15, 0.2) is 6.19 Å². The molecule has 0 unspecified atom stereocenters. The van der Waals surface area contributed by atoms with Gasteiger partial charge in [0, 0.05) is 28.7 Å². The van der Waals surface area contributed by atoms with Gasteiger partial charge < -0.3 is 5.32 Å². The second kappa shape index (κ2) is 12.3. The van der Waals surface area contributed by atoms with Gasteiger partial charge in [0.05, 0.1) is 11.6 Å². The molecule has 3 aromatic carbocycles. The Morgan fingerprint density at radius 2 is 1.58 bits per heavy atom. The van der Waals surface area contributed by atoms with Crippen molar-refractivity contribution in [2.45, 2.75) is 12.8 Å². The molecule has 0 saturated heterocycles. The Balaban J connectivity index is 1.84. The van der Waals surface area contributed by atoms with Gasteiger partial charge >= 0.3 is 0 Å². The van der Waals surface area contributed by atoms with Crippen molar-refractivity contribution in [3.63, 3.8) is 0 Å². The van der Waals surface area contributed by atoms with E-state index in [2.05, 4.69) is 26.7 Å². The van der Waals surface area contributed by atoms with Crippen LogP contribution in [0.15, 0.2) is 82.8 Å².